The minimum atomic E-state index is -1.03. The van der Waals surface area contributed by atoms with Crippen LogP contribution in [0.3, 0.4) is 0 Å². The Morgan fingerprint density at radius 3 is 2.54 bits per heavy atom. The highest BCUT2D eigenvalue weighted by molar-refractivity contribution is 5.81. The molecule has 0 spiro atoms. The topological polar surface area (TPSA) is 75.6 Å². The molecule has 5 heteroatoms. The summed E-state index contributed by atoms with van der Waals surface area (Å²) < 4.78 is 5.22. The van der Waals surface area contributed by atoms with Crippen molar-refractivity contribution in [2.75, 3.05) is 7.11 Å². The smallest absolute Gasteiger partial charge is 0.306 e. The highest BCUT2D eigenvalue weighted by Gasteiger charge is 2.32. The summed E-state index contributed by atoms with van der Waals surface area (Å²) >= 11 is 0. The molecule has 0 radical (unpaired) electrons. The van der Waals surface area contributed by atoms with Crippen molar-refractivity contribution in [3.8, 4) is 5.75 Å². The number of benzene rings is 2. The van der Waals surface area contributed by atoms with E-state index in [1.807, 2.05) is 32.0 Å². The van der Waals surface area contributed by atoms with Gasteiger partial charge in [0.05, 0.1) is 25.5 Å². The van der Waals surface area contributed by atoms with Crippen LogP contribution in [0.5, 0.6) is 5.75 Å². The van der Waals surface area contributed by atoms with Crippen molar-refractivity contribution in [1.82, 2.24) is 5.32 Å². The third-order valence-electron chi connectivity index (χ3n) is 4.48. The van der Waals surface area contributed by atoms with Gasteiger partial charge in [0.1, 0.15) is 5.75 Å². The molecule has 1 amide bonds. The molecule has 2 N–H and O–H groups in total. The molecule has 1 atom stereocenters. The summed E-state index contributed by atoms with van der Waals surface area (Å²) in [4.78, 5) is 24.1. The molecule has 0 aromatic heterocycles. The lowest BCUT2D eigenvalue weighted by Gasteiger charge is -2.30. The van der Waals surface area contributed by atoms with Gasteiger partial charge in [0.2, 0.25) is 5.91 Å². The van der Waals surface area contributed by atoms with Crippen LogP contribution in [0.4, 0.5) is 0 Å². The summed E-state index contributed by atoms with van der Waals surface area (Å²) in [5.74, 6) is -0.587. The molecule has 0 heterocycles. The maximum atomic E-state index is 12.7. The Balaban J connectivity index is 2.27. The standard InChI is InChI=1S/C21H25NO4/c1-14-8-9-15(2)16(10-14)11-19(23)22-21(3,13-20(24)25)17-6-5-7-18(12-17)26-4/h5-10,12H,11,13H2,1-4H3,(H,22,23)(H,24,25). The molecule has 5 nitrogen and oxygen atoms in total. The van der Waals surface area contributed by atoms with Crippen molar-refractivity contribution in [3.63, 3.8) is 0 Å². The van der Waals surface area contributed by atoms with Gasteiger partial charge in [-0.2, -0.15) is 0 Å². The second kappa shape index (κ2) is 8.04. The van der Waals surface area contributed by atoms with E-state index in [0.717, 1.165) is 16.7 Å². The number of rotatable bonds is 7. The first-order valence-corrected chi connectivity index (χ1v) is 8.47. The van der Waals surface area contributed by atoms with Gasteiger partial charge in [-0.15, -0.1) is 0 Å². The second-order valence-corrected chi connectivity index (χ2v) is 6.79. The third-order valence-corrected chi connectivity index (χ3v) is 4.48. The largest absolute Gasteiger partial charge is 0.497 e. The number of carboxylic acids is 1. The van der Waals surface area contributed by atoms with E-state index in [-0.39, 0.29) is 18.7 Å². The molecule has 26 heavy (non-hydrogen) atoms. The van der Waals surface area contributed by atoms with Crippen LogP contribution in [0, 0.1) is 13.8 Å². The molecule has 2 rings (SSSR count). The summed E-state index contributed by atoms with van der Waals surface area (Å²) in [6, 6.07) is 13.1. The summed E-state index contributed by atoms with van der Waals surface area (Å²) in [7, 11) is 1.55. The Morgan fingerprint density at radius 1 is 1.15 bits per heavy atom. The minimum absolute atomic E-state index is 0.201. The first-order chi connectivity index (χ1) is 12.2. The van der Waals surface area contributed by atoms with E-state index < -0.39 is 11.5 Å². The van der Waals surface area contributed by atoms with Crippen LogP contribution in [0.1, 0.15) is 35.6 Å². The van der Waals surface area contributed by atoms with Crippen LogP contribution in [-0.2, 0) is 21.5 Å². The van der Waals surface area contributed by atoms with Gasteiger partial charge in [0.25, 0.3) is 0 Å². The Kier molecular flexibility index (Phi) is 6.03. The monoisotopic (exact) mass is 355 g/mol. The number of ether oxygens (including phenoxy) is 1. The van der Waals surface area contributed by atoms with Crippen LogP contribution in [0.2, 0.25) is 0 Å². The molecule has 0 aliphatic carbocycles. The van der Waals surface area contributed by atoms with E-state index in [4.69, 9.17) is 4.74 Å². The quantitative estimate of drug-likeness (QED) is 0.798. The predicted molar refractivity (Wildman–Crippen MR) is 100 cm³/mol. The summed E-state index contributed by atoms with van der Waals surface area (Å²) in [5, 5.41) is 12.2. The number of aliphatic carboxylic acids is 1. The number of carbonyl (C=O) groups is 2. The number of hydrogen-bond acceptors (Lipinski definition) is 3. The molecule has 0 bridgehead atoms. The van der Waals surface area contributed by atoms with Crippen molar-refractivity contribution < 1.29 is 19.4 Å². The van der Waals surface area contributed by atoms with Crippen LogP contribution in [-0.4, -0.2) is 24.1 Å². The number of amides is 1. The normalized spacial score (nSPS) is 12.9. The lowest BCUT2D eigenvalue weighted by Crippen LogP contribution is -2.45. The second-order valence-electron chi connectivity index (χ2n) is 6.79. The maximum absolute atomic E-state index is 12.7. The van der Waals surface area contributed by atoms with E-state index in [2.05, 4.69) is 5.32 Å². The van der Waals surface area contributed by atoms with Crippen LogP contribution in [0.15, 0.2) is 42.5 Å². The number of aryl methyl sites for hydroxylation is 2. The van der Waals surface area contributed by atoms with E-state index in [1.165, 1.54) is 0 Å². The lowest BCUT2D eigenvalue weighted by molar-refractivity contribution is -0.139. The van der Waals surface area contributed by atoms with Crippen molar-refractivity contribution in [1.29, 1.82) is 0 Å². The van der Waals surface area contributed by atoms with Crippen LogP contribution >= 0.6 is 0 Å². The fourth-order valence-corrected chi connectivity index (χ4v) is 3.00. The maximum Gasteiger partial charge on any atom is 0.306 e. The average Bonchev–Trinajstić information content (AvgIpc) is 2.57. The first kappa shape index (κ1) is 19.5. The van der Waals surface area contributed by atoms with Crippen LogP contribution in [0.25, 0.3) is 0 Å². The SMILES string of the molecule is COc1cccc(C(C)(CC(=O)O)NC(=O)Cc2cc(C)ccc2C)c1. The predicted octanol–water partition coefficient (Wildman–Crippen LogP) is 3.36. The van der Waals surface area contributed by atoms with Gasteiger partial charge in [-0.05, 0) is 49.6 Å². The molecule has 138 valence electrons. The zero-order chi connectivity index (χ0) is 19.3. The summed E-state index contributed by atoms with van der Waals surface area (Å²) in [6.45, 7) is 5.66. The number of carboxylic acid groups (broad SMARTS) is 1. The first-order valence-electron chi connectivity index (χ1n) is 8.47. The van der Waals surface area contributed by atoms with Gasteiger partial charge in [0.15, 0.2) is 0 Å². The molecular weight excluding hydrogens is 330 g/mol. The Morgan fingerprint density at radius 2 is 1.88 bits per heavy atom. The van der Waals surface area contributed by atoms with E-state index in [1.54, 1.807) is 38.3 Å². The summed E-state index contributed by atoms with van der Waals surface area (Å²) in [6.07, 6.45) is -0.0224. The van der Waals surface area contributed by atoms with Gasteiger partial charge in [-0.25, -0.2) is 0 Å². The Labute approximate surface area is 154 Å². The molecule has 0 fully saturated rings. The highest BCUT2D eigenvalue weighted by atomic mass is 16.5. The molecule has 0 aliphatic heterocycles. The average molecular weight is 355 g/mol. The fourth-order valence-electron chi connectivity index (χ4n) is 3.00. The van der Waals surface area contributed by atoms with Crippen molar-refractivity contribution >= 4 is 11.9 Å². The Hall–Kier alpha value is -2.82. The zero-order valence-electron chi connectivity index (χ0n) is 15.6. The number of hydrogen-bond donors (Lipinski definition) is 2. The number of carbonyl (C=O) groups excluding carboxylic acids is 1. The van der Waals surface area contributed by atoms with E-state index in [0.29, 0.717) is 11.3 Å². The van der Waals surface area contributed by atoms with Gasteiger partial charge in [-0.3, -0.25) is 9.59 Å². The summed E-state index contributed by atoms with van der Waals surface area (Å²) in [5.41, 5.74) is 2.71. The third kappa shape index (κ3) is 4.85. The van der Waals surface area contributed by atoms with Crippen molar-refractivity contribution in [3.05, 3.63) is 64.7 Å². The van der Waals surface area contributed by atoms with Crippen molar-refractivity contribution in [2.24, 2.45) is 0 Å². The molecule has 0 aliphatic rings. The molecule has 2 aromatic carbocycles. The van der Waals surface area contributed by atoms with Crippen LogP contribution < -0.4 is 10.1 Å². The fraction of sp³-hybridized carbons (Fsp3) is 0.333. The Bertz CT molecular complexity index is 815. The van der Waals surface area contributed by atoms with Gasteiger partial charge >= 0.3 is 5.97 Å². The molecule has 0 saturated carbocycles. The number of nitrogens with one attached hydrogen (secondary N) is 1. The van der Waals surface area contributed by atoms with Gasteiger partial charge in [-0.1, -0.05) is 35.9 Å². The van der Waals surface area contributed by atoms with E-state index in [9.17, 15) is 14.7 Å². The molecule has 2 aromatic rings. The van der Waals surface area contributed by atoms with E-state index >= 15 is 0 Å². The van der Waals surface area contributed by atoms with Gasteiger partial charge < -0.3 is 15.2 Å². The number of methoxy groups -OCH3 is 1. The highest BCUT2D eigenvalue weighted by Crippen LogP contribution is 2.28. The molecule has 0 saturated heterocycles. The molecular formula is C21H25NO4. The van der Waals surface area contributed by atoms with Crippen molar-refractivity contribution in [2.45, 2.75) is 39.2 Å². The minimum Gasteiger partial charge on any atom is -0.497 e. The van der Waals surface area contributed by atoms with Gasteiger partial charge in [0, 0.05) is 0 Å². The lowest BCUT2D eigenvalue weighted by atomic mass is 9.88. The zero-order valence-corrected chi connectivity index (χ0v) is 15.6. The molecule has 1 unspecified atom stereocenters.